The van der Waals surface area contributed by atoms with E-state index in [1.54, 1.807) is 7.11 Å². The molecule has 0 spiro atoms. The average molecular weight is 259 g/mol. The van der Waals surface area contributed by atoms with E-state index in [0.717, 1.165) is 35.6 Å². The Morgan fingerprint density at radius 3 is 3.05 bits per heavy atom. The van der Waals surface area contributed by atoms with Crippen molar-refractivity contribution >= 4 is 11.0 Å². The second kappa shape index (κ2) is 5.21. The van der Waals surface area contributed by atoms with Gasteiger partial charge in [0.05, 0.1) is 12.6 Å². The maximum Gasteiger partial charge on any atom is 0.144 e. The van der Waals surface area contributed by atoms with Crippen LogP contribution in [0.5, 0.6) is 5.75 Å². The molecule has 0 bridgehead atoms. The van der Waals surface area contributed by atoms with Gasteiger partial charge < -0.3 is 14.6 Å². The second-order valence-corrected chi connectivity index (χ2v) is 5.27. The molecule has 1 aromatic carbocycles. The summed E-state index contributed by atoms with van der Waals surface area (Å²) in [6, 6.07) is 6.61. The molecule has 102 valence electrons. The van der Waals surface area contributed by atoms with Crippen LogP contribution in [0.2, 0.25) is 0 Å². The summed E-state index contributed by atoms with van der Waals surface area (Å²) in [7, 11) is 3.79. The second-order valence-electron chi connectivity index (χ2n) is 5.27. The quantitative estimate of drug-likeness (QED) is 0.919. The molecule has 1 unspecified atom stereocenters. The van der Waals surface area contributed by atoms with Crippen molar-refractivity contribution in [2.75, 3.05) is 13.7 Å². The van der Waals surface area contributed by atoms with E-state index in [0.29, 0.717) is 6.04 Å². The van der Waals surface area contributed by atoms with Gasteiger partial charge in [0.2, 0.25) is 0 Å². The molecule has 4 heteroatoms. The fraction of sp³-hybridized carbons (Fsp3) is 0.533. The maximum absolute atomic E-state index is 5.44. The normalized spacial score (nSPS) is 19.8. The molecule has 3 rings (SSSR count). The molecule has 0 amide bonds. The number of methoxy groups -OCH3 is 1. The Kier molecular flexibility index (Phi) is 3.42. The number of nitrogens with one attached hydrogen (secondary N) is 1. The number of benzene rings is 1. The summed E-state index contributed by atoms with van der Waals surface area (Å²) in [4.78, 5) is 4.76. The summed E-state index contributed by atoms with van der Waals surface area (Å²) >= 11 is 0. The van der Waals surface area contributed by atoms with Gasteiger partial charge in [0.25, 0.3) is 0 Å². The van der Waals surface area contributed by atoms with Gasteiger partial charge in [0.1, 0.15) is 17.1 Å². The molecular weight excluding hydrogens is 238 g/mol. The smallest absolute Gasteiger partial charge is 0.144 e. The lowest BCUT2D eigenvalue weighted by atomic mass is 10.0. The molecule has 0 aliphatic carbocycles. The van der Waals surface area contributed by atoms with Crippen molar-refractivity contribution in [3.8, 4) is 5.75 Å². The first-order valence-corrected chi connectivity index (χ1v) is 7.01. The lowest BCUT2D eigenvalue weighted by Crippen LogP contribution is -2.36. The summed E-state index contributed by atoms with van der Waals surface area (Å²) in [5.41, 5.74) is 2.11. The Labute approximate surface area is 113 Å². The molecule has 1 aromatic heterocycles. The van der Waals surface area contributed by atoms with E-state index in [9.17, 15) is 0 Å². The van der Waals surface area contributed by atoms with Crippen molar-refractivity contribution in [2.45, 2.75) is 31.7 Å². The highest BCUT2D eigenvalue weighted by Gasteiger charge is 2.18. The highest BCUT2D eigenvalue weighted by atomic mass is 16.5. The number of imidazole rings is 1. The molecule has 1 atom stereocenters. The molecular formula is C15H21N3O. The Morgan fingerprint density at radius 2 is 2.32 bits per heavy atom. The standard InChI is InChI=1S/C15H21N3O/c1-18-14(10-11-6-3-4-9-16-11)17-12-7-5-8-13(19-2)15(12)18/h5,7-8,11,16H,3-4,6,9-10H2,1-2H3. The van der Waals surface area contributed by atoms with Crippen LogP contribution in [0.4, 0.5) is 0 Å². The van der Waals surface area contributed by atoms with Gasteiger partial charge in [-0.3, -0.25) is 0 Å². The number of aromatic nitrogens is 2. The minimum absolute atomic E-state index is 0.565. The van der Waals surface area contributed by atoms with E-state index >= 15 is 0 Å². The van der Waals surface area contributed by atoms with Crippen LogP contribution in [0.25, 0.3) is 11.0 Å². The monoisotopic (exact) mass is 259 g/mol. The molecule has 2 heterocycles. The maximum atomic E-state index is 5.44. The van der Waals surface area contributed by atoms with Crippen LogP contribution in [0.3, 0.4) is 0 Å². The summed E-state index contributed by atoms with van der Waals surface area (Å²) in [5.74, 6) is 2.04. The molecule has 0 radical (unpaired) electrons. The fourth-order valence-electron chi connectivity index (χ4n) is 2.95. The first kappa shape index (κ1) is 12.5. The Hall–Kier alpha value is -1.55. The van der Waals surface area contributed by atoms with Crippen molar-refractivity contribution in [1.82, 2.24) is 14.9 Å². The average Bonchev–Trinajstić information content (AvgIpc) is 2.77. The first-order chi connectivity index (χ1) is 9.29. The number of nitrogens with zero attached hydrogens (tertiary/aromatic N) is 2. The zero-order chi connectivity index (χ0) is 13.2. The van der Waals surface area contributed by atoms with Gasteiger partial charge >= 0.3 is 0 Å². The van der Waals surface area contributed by atoms with Crippen LogP contribution in [0.15, 0.2) is 18.2 Å². The van der Waals surface area contributed by atoms with Crippen LogP contribution in [-0.4, -0.2) is 29.2 Å². The van der Waals surface area contributed by atoms with Crippen LogP contribution in [0, 0.1) is 0 Å². The highest BCUT2D eigenvalue weighted by Crippen LogP contribution is 2.26. The molecule has 1 fully saturated rings. The zero-order valence-electron chi connectivity index (χ0n) is 11.6. The van der Waals surface area contributed by atoms with Gasteiger partial charge in [-0.25, -0.2) is 4.98 Å². The third kappa shape index (κ3) is 2.32. The minimum Gasteiger partial charge on any atom is -0.494 e. The molecule has 1 aliphatic rings. The molecule has 4 nitrogen and oxygen atoms in total. The van der Waals surface area contributed by atoms with Crippen molar-refractivity contribution in [2.24, 2.45) is 7.05 Å². The fourth-order valence-corrected chi connectivity index (χ4v) is 2.95. The van der Waals surface area contributed by atoms with Crippen LogP contribution in [-0.2, 0) is 13.5 Å². The number of hydrogen-bond acceptors (Lipinski definition) is 3. The van der Waals surface area contributed by atoms with Crippen molar-refractivity contribution in [3.63, 3.8) is 0 Å². The predicted octanol–water partition coefficient (Wildman–Crippen LogP) is 2.27. The lowest BCUT2D eigenvalue weighted by molar-refractivity contribution is 0.391. The summed E-state index contributed by atoms with van der Waals surface area (Å²) < 4.78 is 7.61. The van der Waals surface area contributed by atoms with Gasteiger partial charge in [0.15, 0.2) is 0 Å². The zero-order valence-corrected chi connectivity index (χ0v) is 11.6. The first-order valence-electron chi connectivity index (χ1n) is 7.01. The van der Waals surface area contributed by atoms with E-state index in [2.05, 4.69) is 23.0 Å². The van der Waals surface area contributed by atoms with Gasteiger partial charge in [-0.1, -0.05) is 12.5 Å². The number of fused-ring (bicyclic) bond motifs is 1. The topological polar surface area (TPSA) is 39.1 Å². The molecule has 2 aromatic rings. The SMILES string of the molecule is COc1cccc2nc(CC3CCCCN3)n(C)c12. The number of aryl methyl sites for hydroxylation is 1. The largest absolute Gasteiger partial charge is 0.494 e. The van der Waals surface area contributed by atoms with Gasteiger partial charge in [-0.15, -0.1) is 0 Å². The van der Waals surface area contributed by atoms with Crippen LogP contribution < -0.4 is 10.1 Å². The summed E-state index contributed by atoms with van der Waals surface area (Å²) in [5, 5.41) is 3.58. The van der Waals surface area contributed by atoms with Crippen molar-refractivity contribution < 1.29 is 4.74 Å². The van der Waals surface area contributed by atoms with Crippen LogP contribution in [0.1, 0.15) is 25.1 Å². The number of ether oxygens (including phenoxy) is 1. The van der Waals surface area contributed by atoms with E-state index < -0.39 is 0 Å². The Bertz CT molecular complexity index is 570. The van der Waals surface area contributed by atoms with E-state index in [1.165, 1.54) is 19.3 Å². The van der Waals surface area contributed by atoms with E-state index in [4.69, 9.17) is 9.72 Å². The highest BCUT2D eigenvalue weighted by molar-refractivity contribution is 5.82. The van der Waals surface area contributed by atoms with Gasteiger partial charge in [-0.2, -0.15) is 0 Å². The van der Waals surface area contributed by atoms with Gasteiger partial charge in [-0.05, 0) is 31.5 Å². The number of hydrogen-bond donors (Lipinski definition) is 1. The van der Waals surface area contributed by atoms with E-state index in [1.807, 2.05) is 12.1 Å². The molecule has 1 aliphatic heterocycles. The third-order valence-electron chi connectivity index (χ3n) is 4.01. The Balaban J connectivity index is 1.93. The molecule has 0 saturated carbocycles. The molecule has 1 saturated heterocycles. The summed E-state index contributed by atoms with van der Waals surface area (Å²) in [6.07, 6.45) is 4.87. The van der Waals surface area contributed by atoms with E-state index in [-0.39, 0.29) is 0 Å². The molecule has 19 heavy (non-hydrogen) atoms. The van der Waals surface area contributed by atoms with Crippen molar-refractivity contribution in [3.05, 3.63) is 24.0 Å². The Morgan fingerprint density at radius 1 is 1.42 bits per heavy atom. The molecule has 1 N–H and O–H groups in total. The number of rotatable bonds is 3. The van der Waals surface area contributed by atoms with Crippen molar-refractivity contribution in [1.29, 1.82) is 0 Å². The van der Waals surface area contributed by atoms with Gasteiger partial charge in [0, 0.05) is 19.5 Å². The minimum atomic E-state index is 0.565. The predicted molar refractivity (Wildman–Crippen MR) is 76.6 cm³/mol. The third-order valence-corrected chi connectivity index (χ3v) is 4.01. The van der Waals surface area contributed by atoms with Crippen LogP contribution >= 0.6 is 0 Å². The summed E-state index contributed by atoms with van der Waals surface area (Å²) in [6.45, 7) is 1.14. The number of para-hydroxylation sites is 1. The lowest BCUT2D eigenvalue weighted by Gasteiger charge is -2.23. The number of piperidine rings is 1.